The van der Waals surface area contributed by atoms with Crippen LogP contribution >= 0.6 is 0 Å². The smallest absolute Gasteiger partial charge is 0.415 e. The summed E-state index contributed by atoms with van der Waals surface area (Å²) < 4.78 is 11.1. The summed E-state index contributed by atoms with van der Waals surface area (Å²) in [5.41, 5.74) is 0.860. The highest BCUT2D eigenvalue weighted by molar-refractivity contribution is 5.76. The quantitative estimate of drug-likeness (QED) is 0.325. The van der Waals surface area contributed by atoms with Crippen molar-refractivity contribution in [2.75, 3.05) is 26.7 Å². The van der Waals surface area contributed by atoms with Gasteiger partial charge in [0.25, 0.3) is 0 Å². The number of benzene rings is 1. The fraction of sp³-hybridized carbons (Fsp3) is 0.607. The second-order valence-corrected chi connectivity index (χ2v) is 9.65. The number of rotatable bonds is 12. The number of piperazine rings is 1. The molecule has 36 heavy (non-hydrogen) atoms. The monoisotopic (exact) mass is 501 g/mol. The predicted molar refractivity (Wildman–Crippen MR) is 141 cm³/mol. The van der Waals surface area contributed by atoms with Crippen LogP contribution in [0.2, 0.25) is 0 Å². The van der Waals surface area contributed by atoms with Gasteiger partial charge in [-0.3, -0.25) is 9.59 Å². The molecule has 1 N–H and O–H groups in total. The molecule has 0 radical (unpaired) electrons. The molecule has 2 rings (SSSR count). The van der Waals surface area contributed by atoms with Crippen molar-refractivity contribution >= 4 is 17.9 Å². The molecule has 1 aliphatic heterocycles. The largest absolute Gasteiger partial charge is 0.493 e. The Morgan fingerprint density at radius 3 is 2.61 bits per heavy atom. The molecular formula is C28H43N3O5. The van der Waals surface area contributed by atoms with Crippen LogP contribution in [0.5, 0.6) is 11.5 Å². The number of carbonyl (C=O) groups is 3. The molecule has 0 bridgehead atoms. The predicted octanol–water partition coefficient (Wildman–Crippen LogP) is 4.92. The summed E-state index contributed by atoms with van der Waals surface area (Å²) in [6.45, 7) is 9.73. The van der Waals surface area contributed by atoms with Gasteiger partial charge < -0.3 is 24.6 Å². The number of amides is 3. The average molecular weight is 502 g/mol. The number of nitrogens with one attached hydrogen (secondary N) is 1. The van der Waals surface area contributed by atoms with Gasteiger partial charge in [-0.25, -0.2) is 4.79 Å². The summed E-state index contributed by atoms with van der Waals surface area (Å²) in [4.78, 5) is 40.4. The number of ether oxygens (including phenoxy) is 2. The molecule has 1 saturated heterocycles. The minimum atomic E-state index is -0.445. The fourth-order valence-electron chi connectivity index (χ4n) is 4.23. The Balaban J connectivity index is 1.88. The van der Waals surface area contributed by atoms with Crippen molar-refractivity contribution in [2.45, 2.75) is 78.8 Å². The maximum atomic E-state index is 13.0. The lowest BCUT2D eigenvalue weighted by atomic mass is 10.1. The van der Waals surface area contributed by atoms with E-state index in [-0.39, 0.29) is 17.9 Å². The van der Waals surface area contributed by atoms with E-state index in [1.807, 2.05) is 6.07 Å². The van der Waals surface area contributed by atoms with E-state index in [0.29, 0.717) is 50.0 Å². The Kier molecular flexibility index (Phi) is 12.3. The number of allylic oxidation sites excluding steroid dienone is 2. The van der Waals surface area contributed by atoms with E-state index in [2.05, 4.69) is 38.2 Å². The molecular weight excluding hydrogens is 458 g/mol. The number of unbranched alkanes of at least 4 members (excludes halogenated alkanes) is 2. The maximum Gasteiger partial charge on any atom is 0.415 e. The van der Waals surface area contributed by atoms with E-state index in [0.717, 1.165) is 37.7 Å². The number of methoxy groups -OCH3 is 1. The average Bonchev–Trinajstić information content (AvgIpc) is 2.85. The fourth-order valence-corrected chi connectivity index (χ4v) is 4.23. The Morgan fingerprint density at radius 2 is 1.94 bits per heavy atom. The third-order valence-electron chi connectivity index (χ3n) is 6.25. The Labute approximate surface area is 216 Å². The molecule has 0 saturated carbocycles. The highest BCUT2D eigenvalue weighted by atomic mass is 16.6. The van der Waals surface area contributed by atoms with Crippen molar-refractivity contribution in [3.63, 3.8) is 0 Å². The summed E-state index contributed by atoms with van der Waals surface area (Å²) in [6, 6.07) is 5.21. The van der Waals surface area contributed by atoms with Crippen LogP contribution in [0.4, 0.5) is 4.79 Å². The van der Waals surface area contributed by atoms with Gasteiger partial charge in [-0.1, -0.05) is 45.4 Å². The van der Waals surface area contributed by atoms with E-state index in [4.69, 9.17) is 9.47 Å². The van der Waals surface area contributed by atoms with E-state index >= 15 is 0 Å². The summed E-state index contributed by atoms with van der Waals surface area (Å²) in [6.07, 6.45) is 8.96. The van der Waals surface area contributed by atoms with E-state index in [1.54, 1.807) is 28.9 Å². The summed E-state index contributed by atoms with van der Waals surface area (Å²) in [7, 11) is 1.52. The lowest BCUT2D eigenvalue weighted by Crippen LogP contribution is -2.56. The topological polar surface area (TPSA) is 88.2 Å². The first-order valence-corrected chi connectivity index (χ1v) is 13.1. The number of hydrogen-bond acceptors (Lipinski definition) is 5. The van der Waals surface area contributed by atoms with Gasteiger partial charge in [-0.15, -0.1) is 0 Å². The van der Waals surface area contributed by atoms with Gasteiger partial charge in [-0.2, -0.15) is 0 Å². The van der Waals surface area contributed by atoms with Gasteiger partial charge in [0.1, 0.15) is 0 Å². The molecule has 0 aromatic heterocycles. The van der Waals surface area contributed by atoms with Crippen LogP contribution < -0.4 is 14.8 Å². The van der Waals surface area contributed by atoms with Gasteiger partial charge in [0.2, 0.25) is 11.8 Å². The molecule has 1 heterocycles. The first-order chi connectivity index (χ1) is 17.2. The van der Waals surface area contributed by atoms with Crippen molar-refractivity contribution in [2.24, 2.45) is 5.92 Å². The third-order valence-corrected chi connectivity index (χ3v) is 6.25. The Hall–Kier alpha value is -3.03. The molecule has 1 aliphatic rings. The van der Waals surface area contributed by atoms with Gasteiger partial charge in [0.15, 0.2) is 11.5 Å². The maximum absolute atomic E-state index is 13.0. The van der Waals surface area contributed by atoms with E-state index in [1.165, 1.54) is 7.11 Å². The summed E-state index contributed by atoms with van der Waals surface area (Å²) >= 11 is 0. The van der Waals surface area contributed by atoms with Crippen molar-refractivity contribution in [1.82, 2.24) is 15.1 Å². The summed E-state index contributed by atoms with van der Waals surface area (Å²) in [5, 5.41) is 2.94. The highest BCUT2D eigenvalue weighted by Gasteiger charge is 2.32. The lowest BCUT2D eigenvalue weighted by molar-refractivity contribution is -0.131. The van der Waals surface area contributed by atoms with Crippen LogP contribution in [0.25, 0.3) is 0 Å². The lowest BCUT2D eigenvalue weighted by Gasteiger charge is -2.40. The van der Waals surface area contributed by atoms with Crippen LogP contribution in [0.1, 0.15) is 71.8 Å². The van der Waals surface area contributed by atoms with Gasteiger partial charge in [-0.05, 0) is 49.3 Å². The molecule has 200 valence electrons. The third kappa shape index (κ3) is 9.55. The second kappa shape index (κ2) is 15.2. The highest BCUT2D eigenvalue weighted by Crippen LogP contribution is 2.29. The van der Waals surface area contributed by atoms with E-state index < -0.39 is 6.09 Å². The van der Waals surface area contributed by atoms with Crippen LogP contribution in [0, 0.1) is 5.92 Å². The van der Waals surface area contributed by atoms with E-state index in [9.17, 15) is 14.4 Å². The molecule has 3 amide bonds. The number of nitrogens with zero attached hydrogens (tertiary/aromatic N) is 2. The minimum Gasteiger partial charge on any atom is -0.493 e. The molecule has 1 aromatic rings. The van der Waals surface area contributed by atoms with Crippen LogP contribution in [0.3, 0.4) is 0 Å². The molecule has 1 atom stereocenters. The first kappa shape index (κ1) is 29.2. The molecule has 1 unspecified atom stereocenters. The van der Waals surface area contributed by atoms with Crippen LogP contribution in [-0.4, -0.2) is 60.5 Å². The van der Waals surface area contributed by atoms with Crippen LogP contribution in [0.15, 0.2) is 30.4 Å². The molecule has 8 heteroatoms. The minimum absolute atomic E-state index is 0.0176. The zero-order valence-corrected chi connectivity index (χ0v) is 22.5. The molecule has 0 spiro atoms. The Bertz CT molecular complexity index is 899. The van der Waals surface area contributed by atoms with Gasteiger partial charge in [0.05, 0.1) is 13.2 Å². The second-order valence-electron chi connectivity index (χ2n) is 9.65. The normalized spacial score (nSPS) is 15.9. The van der Waals surface area contributed by atoms with Crippen molar-refractivity contribution < 1.29 is 23.9 Å². The zero-order valence-electron chi connectivity index (χ0n) is 22.5. The van der Waals surface area contributed by atoms with Gasteiger partial charge in [0, 0.05) is 39.5 Å². The van der Waals surface area contributed by atoms with Crippen molar-refractivity contribution in [1.29, 1.82) is 0 Å². The van der Waals surface area contributed by atoms with Crippen molar-refractivity contribution in [3.05, 3.63) is 35.9 Å². The molecule has 1 fully saturated rings. The first-order valence-electron chi connectivity index (χ1n) is 13.1. The van der Waals surface area contributed by atoms with Crippen molar-refractivity contribution in [3.8, 4) is 11.5 Å². The van der Waals surface area contributed by atoms with Crippen LogP contribution in [-0.2, 0) is 16.1 Å². The SMILES string of the molecule is CCCC1CN(C(C)=O)CCN1C(=O)Oc1ccc(CNC(=O)CCCC/C=C/C(C)C)cc1OC. The zero-order chi connectivity index (χ0) is 26.5. The Morgan fingerprint density at radius 1 is 1.17 bits per heavy atom. The number of hydrogen-bond donors (Lipinski definition) is 1. The molecule has 0 aliphatic carbocycles. The standard InChI is InChI=1S/C28H43N3O5/c1-6-11-24-20-30(22(4)32)16-17-31(24)28(34)36-25-15-14-23(18-26(25)35-5)19-29-27(33)13-10-8-7-9-12-21(2)3/h9,12,14-15,18,21,24H,6-8,10-11,13,16-17,19-20H2,1-5H3,(H,29,33)/b12-9+. The number of carbonyl (C=O) groups excluding carboxylic acids is 3. The molecule has 1 aromatic carbocycles. The molecule has 8 nitrogen and oxygen atoms in total. The summed E-state index contributed by atoms with van der Waals surface area (Å²) in [5.74, 6) is 1.36. The van der Waals surface area contributed by atoms with Gasteiger partial charge >= 0.3 is 6.09 Å².